The van der Waals surface area contributed by atoms with Gasteiger partial charge in [0.05, 0.1) is 0 Å². The highest BCUT2D eigenvalue weighted by atomic mass is 16.3. The fraction of sp³-hybridized carbons (Fsp3) is 0.400. The SMILES string of the molecule is CCc1cc(C)ccc1[N+](C)=O. The first-order chi connectivity index (χ1) is 5.65. The topological polar surface area (TPSA) is 20.1 Å². The maximum absolute atomic E-state index is 11.1. The molecule has 0 saturated heterocycles. The van der Waals surface area contributed by atoms with Crippen LogP contribution < -0.4 is 0 Å². The third-order valence-corrected chi connectivity index (χ3v) is 1.96. The zero-order valence-electron chi connectivity index (χ0n) is 7.79. The Morgan fingerprint density at radius 3 is 2.58 bits per heavy atom. The van der Waals surface area contributed by atoms with Crippen LogP contribution in [0.1, 0.15) is 18.1 Å². The number of aryl methyl sites for hydroxylation is 2. The molecule has 0 fully saturated rings. The molecule has 0 N–H and O–H groups in total. The summed E-state index contributed by atoms with van der Waals surface area (Å²) in [5.74, 6) is 0. The zero-order chi connectivity index (χ0) is 9.14. The first-order valence-corrected chi connectivity index (χ1v) is 4.15. The molecule has 0 heterocycles. The van der Waals surface area contributed by atoms with Crippen molar-refractivity contribution in [2.75, 3.05) is 7.05 Å². The molecule has 0 aromatic heterocycles. The predicted octanol–water partition coefficient (Wildman–Crippen LogP) is 2.60. The average Bonchev–Trinajstić information content (AvgIpc) is 2.03. The molecule has 2 heteroatoms. The van der Waals surface area contributed by atoms with Crippen molar-refractivity contribution in [2.24, 2.45) is 0 Å². The lowest BCUT2D eigenvalue weighted by molar-refractivity contribution is -0.428. The maximum Gasteiger partial charge on any atom is 0.258 e. The van der Waals surface area contributed by atoms with Gasteiger partial charge < -0.3 is 0 Å². The molecular formula is C10H14NO+. The number of benzene rings is 1. The van der Waals surface area contributed by atoms with Gasteiger partial charge in [0.1, 0.15) is 0 Å². The second-order valence-corrected chi connectivity index (χ2v) is 2.98. The largest absolute Gasteiger partial charge is 0.258 e. The monoisotopic (exact) mass is 164 g/mol. The summed E-state index contributed by atoms with van der Waals surface area (Å²) in [5, 5.41) is 0. The number of nitrogens with zero attached hydrogens (tertiary/aromatic N) is 1. The van der Waals surface area contributed by atoms with Crippen LogP contribution in [0.4, 0.5) is 5.69 Å². The van der Waals surface area contributed by atoms with E-state index in [-0.39, 0.29) is 0 Å². The van der Waals surface area contributed by atoms with Gasteiger partial charge in [-0.1, -0.05) is 18.6 Å². The Balaban J connectivity index is 3.20. The van der Waals surface area contributed by atoms with Crippen LogP contribution in [0.3, 0.4) is 0 Å². The maximum atomic E-state index is 11.1. The highest BCUT2D eigenvalue weighted by Crippen LogP contribution is 2.19. The van der Waals surface area contributed by atoms with Crippen molar-refractivity contribution in [1.29, 1.82) is 0 Å². The Morgan fingerprint density at radius 2 is 2.08 bits per heavy atom. The van der Waals surface area contributed by atoms with Crippen LogP contribution in [0.15, 0.2) is 18.2 Å². The third kappa shape index (κ3) is 1.70. The minimum absolute atomic E-state index is 0.781. The Hall–Kier alpha value is -1.18. The van der Waals surface area contributed by atoms with Gasteiger partial charge in [0.15, 0.2) is 7.05 Å². The molecule has 12 heavy (non-hydrogen) atoms. The summed E-state index contributed by atoms with van der Waals surface area (Å²) in [6.45, 7) is 4.09. The lowest BCUT2D eigenvalue weighted by atomic mass is 10.1. The molecule has 1 rings (SSSR count). The van der Waals surface area contributed by atoms with Gasteiger partial charge in [0.2, 0.25) is 0 Å². The molecule has 1 aromatic rings. The molecule has 0 spiro atoms. The minimum atomic E-state index is 0.781. The summed E-state index contributed by atoms with van der Waals surface area (Å²) in [5.41, 5.74) is 3.10. The predicted molar refractivity (Wildman–Crippen MR) is 49.8 cm³/mol. The van der Waals surface area contributed by atoms with Gasteiger partial charge in [-0.25, -0.2) is 0 Å². The highest BCUT2D eigenvalue weighted by molar-refractivity contribution is 5.42. The van der Waals surface area contributed by atoms with Crippen LogP contribution in [0.25, 0.3) is 0 Å². The molecule has 0 atom stereocenters. The zero-order valence-corrected chi connectivity index (χ0v) is 7.79. The summed E-state index contributed by atoms with van der Waals surface area (Å²) >= 11 is 0. The van der Waals surface area contributed by atoms with Crippen LogP contribution in [0.5, 0.6) is 0 Å². The lowest BCUT2D eigenvalue weighted by Crippen LogP contribution is -1.96. The van der Waals surface area contributed by atoms with E-state index < -0.39 is 0 Å². The summed E-state index contributed by atoms with van der Waals surface area (Å²) < 4.78 is 0.915. The summed E-state index contributed by atoms with van der Waals surface area (Å²) in [6, 6.07) is 5.90. The Bertz CT molecular complexity index is 305. The molecule has 1 aromatic carbocycles. The molecule has 0 aliphatic heterocycles. The molecular weight excluding hydrogens is 150 g/mol. The fourth-order valence-electron chi connectivity index (χ4n) is 1.30. The summed E-state index contributed by atoms with van der Waals surface area (Å²) in [6.07, 6.45) is 0.906. The molecule has 0 unspecified atom stereocenters. The standard InChI is InChI=1S/C10H14NO/c1-4-9-7-8(2)5-6-10(9)11(3)12/h5-7H,4H2,1-3H3/q+1. The first-order valence-electron chi connectivity index (χ1n) is 4.15. The van der Waals surface area contributed by atoms with E-state index in [9.17, 15) is 4.91 Å². The summed E-state index contributed by atoms with van der Waals surface area (Å²) in [7, 11) is 1.53. The summed E-state index contributed by atoms with van der Waals surface area (Å²) in [4.78, 5) is 11.1. The molecule has 64 valence electrons. The lowest BCUT2D eigenvalue weighted by Gasteiger charge is -1.98. The second kappa shape index (κ2) is 3.48. The molecule has 2 nitrogen and oxygen atoms in total. The average molecular weight is 164 g/mol. The Morgan fingerprint density at radius 1 is 1.42 bits per heavy atom. The van der Waals surface area contributed by atoms with Gasteiger partial charge in [0.25, 0.3) is 5.69 Å². The van der Waals surface area contributed by atoms with E-state index in [1.807, 2.05) is 19.1 Å². The second-order valence-electron chi connectivity index (χ2n) is 2.98. The normalized spacial score (nSPS) is 9.92. The van der Waals surface area contributed by atoms with Gasteiger partial charge in [-0.2, -0.15) is 0 Å². The quantitative estimate of drug-likeness (QED) is 0.615. The molecule has 0 aliphatic carbocycles. The van der Waals surface area contributed by atoms with Crippen molar-refractivity contribution in [3.63, 3.8) is 0 Å². The van der Waals surface area contributed by atoms with E-state index in [1.54, 1.807) is 0 Å². The molecule has 0 bridgehead atoms. The molecule has 0 aliphatic rings. The molecule has 0 amide bonds. The molecule has 0 radical (unpaired) electrons. The number of hydrogen-bond donors (Lipinski definition) is 0. The number of hydrogen-bond acceptors (Lipinski definition) is 1. The first kappa shape index (κ1) is 8.91. The van der Waals surface area contributed by atoms with Gasteiger partial charge in [-0.15, -0.1) is 0 Å². The minimum Gasteiger partial charge on any atom is -0.0610 e. The van der Waals surface area contributed by atoms with Gasteiger partial charge in [0, 0.05) is 21.3 Å². The van der Waals surface area contributed by atoms with E-state index in [0.717, 1.165) is 22.4 Å². The Kier molecular flexibility index (Phi) is 2.58. The van der Waals surface area contributed by atoms with E-state index in [1.165, 1.54) is 12.6 Å². The van der Waals surface area contributed by atoms with Crippen molar-refractivity contribution in [3.8, 4) is 0 Å². The van der Waals surface area contributed by atoms with Crippen molar-refractivity contribution < 1.29 is 4.76 Å². The van der Waals surface area contributed by atoms with Crippen LogP contribution in [0, 0.1) is 11.8 Å². The van der Waals surface area contributed by atoms with Gasteiger partial charge in [-0.05, 0) is 19.4 Å². The number of rotatable bonds is 2. The van der Waals surface area contributed by atoms with Crippen LogP contribution in [-0.4, -0.2) is 11.8 Å². The molecule has 0 saturated carbocycles. The van der Waals surface area contributed by atoms with Crippen LogP contribution in [0.2, 0.25) is 0 Å². The van der Waals surface area contributed by atoms with Gasteiger partial charge >= 0.3 is 0 Å². The smallest absolute Gasteiger partial charge is 0.0610 e. The number of nitroso groups, excluding NO2 is 1. The highest BCUT2D eigenvalue weighted by Gasteiger charge is 2.11. The fourth-order valence-corrected chi connectivity index (χ4v) is 1.30. The van der Waals surface area contributed by atoms with Crippen LogP contribution >= 0.6 is 0 Å². The Labute approximate surface area is 72.8 Å². The van der Waals surface area contributed by atoms with E-state index in [0.29, 0.717) is 0 Å². The van der Waals surface area contributed by atoms with Crippen molar-refractivity contribution in [2.45, 2.75) is 20.3 Å². The van der Waals surface area contributed by atoms with Crippen LogP contribution in [-0.2, 0) is 6.42 Å². The van der Waals surface area contributed by atoms with E-state index >= 15 is 0 Å². The van der Waals surface area contributed by atoms with E-state index in [4.69, 9.17) is 0 Å². The van der Waals surface area contributed by atoms with Crippen molar-refractivity contribution in [1.82, 2.24) is 0 Å². The van der Waals surface area contributed by atoms with Crippen molar-refractivity contribution in [3.05, 3.63) is 34.2 Å². The van der Waals surface area contributed by atoms with Gasteiger partial charge in [-0.3, -0.25) is 0 Å². The van der Waals surface area contributed by atoms with Crippen molar-refractivity contribution >= 4 is 5.69 Å². The third-order valence-electron chi connectivity index (χ3n) is 1.96. The van der Waals surface area contributed by atoms with E-state index in [2.05, 4.69) is 13.0 Å².